The highest BCUT2D eigenvalue weighted by Crippen LogP contribution is 2.14. The average molecular weight is 245 g/mol. The second kappa shape index (κ2) is 6.12. The number of hydrogen-bond acceptors (Lipinski definition) is 1. The summed E-state index contributed by atoms with van der Waals surface area (Å²) in [5, 5.41) is 0. The number of nitrogens with zero attached hydrogens (tertiary/aromatic N) is 3. The predicted molar refractivity (Wildman–Crippen MR) is 71.3 cm³/mol. The maximum absolute atomic E-state index is 11.8. The first-order valence-corrected chi connectivity index (χ1v) is 5.98. The van der Waals surface area contributed by atoms with Gasteiger partial charge in [-0.15, -0.1) is 0 Å². The van der Waals surface area contributed by atoms with Crippen molar-refractivity contribution < 1.29 is 9.58 Å². The fourth-order valence-electron chi connectivity index (χ4n) is 1.78. The van der Waals surface area contributed by atoms with Crippen molar-refractivity contribution in [2.45, 2.75) is 32.7 Å². The molecule has 0 bridgehead atoms. The molecule has 96 valence electrons. The van der Waals surface area contributed by atoms with Crippen molar-refractivity contribution in [1.29, 1.82) is 0 Å². The summed E-state index contributed by atoms with van der Waals surface area (Å²) < 4.78 is 0. The van der Waals surface area contributed by atoms with Gasteiger partial charge < -0.3 is 10.4 Å². The molecule has 1 aromatic carbocycles. The van der Waals surface area contributed by atoms with Gasteiger partial charge in [-0.1, -0.05) is 30.3 Å². The quantitative estimate of drug-likeness (QED) is 0.455. The molecule has 0 aromatic heterocycles. The Labute approximate surface area is 108 Å². The summed E-state index contributed by atoms with van der Waals surface area (Å²) >= 11 is 0. The summed E-state index contributed by atoms with van der Waals surface area (Å²) in [6, 6.07) is 9.99. The molecule has 0 N–H and O–H groups in total. The molecular formula is C14H19N3O. The van der Waals surface area contributed by atoms with Gasteiger partial charge in [0.1, 0.15) is 0 Å². The van der Waals surface area contributed by atoms with Gasteiger partial charge in [-0.25, -0.2) is 0 Å². The molecule has 0 heterocycles. The Morgan fingerprint density at radius 3 is 2.44 bits per heavy atom. The molecule has 0 aliphatic rings. The smallest absolute Gasteiger partial charge is 0.344 e. The Balaban J connectivity index is 2.74. The van der Waals surface area contributed by atoms with Gasteiger partial charge in [-0.05, 0) is 32.8 Å². The van der Waals surface area contributed by atoms with Gasteiger partial charge in [0.05, 0.1) is 0 Å². The SMILES string of the molecule is CC(C)(C)N(CCc1ccccc1)C(=O)C=[N+]=[N-]. The van der Waals surface area contributed by atoms with Crippen LogP contribution in [0.1, 0.15) is 26.3 Å². The fraction of sp³-hybridized carbons (Fsp3) is 0.429. The zero-order valence-electron chi connectivity index (χ0n) is 11.1. The number of amides is 1. The zero-order valence-corrected chi connectivity index (χ0v) is 11.1. The van der Waals surface area contributed by atoms with E-state index in [9.17, 15) is 4.79 Å². The van der Waals surface area contributed by atoms with E-state index in [2.05, 4.69) is 4.79 Å². The van der Waals surface area contributed by atoms with Gasteiger partial charge in [0.15, 0.2) is 0 Å². The highest BCUT2D eigenvalue weighted by Gasteiger charge is 2.26. The van der Waals surface area contributed by atoms with Gasteiger partial charge in [-0.2, -0.15) is 4.79 Å². The molecule has 18 heavy (non-hydrogen) atoms. The third kappa shape index (κ3) is 4.15. The predicted octanol–water partition coefficient (Wildman–Crippen LogP) is 2.16. The lowest BCUT2D eigenvalue weighted by molar-refractivity contribution is -0.131. The molecule has 1 rings (SSSR count). The van der Waals surface area contributed by atoms with E-state index in [0.717, 1.165) is 12.6 Å². The van der Waals surface area contributed by atoms with Crippen molar-refractivity contribution in [3.63, 3.8) is 0 Å². The fourth-order valence-corrected chi connectivity index (χ4v) is 1.78. The van der Waals surface area contributed by atoms with Crippen LogP contribution < -0.4 is 0 Å². The Kier molecular flexibility index (Phi) is 4.81. The maximum atomic E-state index is 11.8. The van der Waals surface area contributed by atoms with Gasteiger partial charge in [0.2, 0.25) is 0 Å². The molecule has 4 nitrogen and oxygen atoms in total. The van der Waals surface area contributed by atoms with E-state index >= 15 is 0 Å². The van der Waals surface area contributed by atoms with Crippen molar-refractivity contribution in [2.24, 2.45) is 0 Å². The molecular weight excluding hydrogens is 226 g/mol. The molecule has 0 saturated carbocycles. The minimum Gasteiger partial charge on any atom is -0.361 e. The average Bonchev–Trinajstić information content (AvgIpc) is 2.29. The number of carbonyl (C=O) groups is 1. The lowest BCUT2D eigenvalue weighted by atomic mass is 10.0. The van der Waals surface area contributed by atoms with E-state index in [4.69, 9.17) is 5.53 Å². The minimum absolute atomic E-state index is 0.277. The molecule has 0 atom stereocenters. The number of benzene rings is 1. The molecule has 0 aliphatic heterocycles. The standard InChI is InChI=1S/C14H19N3O/c1-14(2,3)17(13(18)11-16-15)10-9-12-7-5-4-6-8-12/h4-8,11H,9-10H2,1-3H3. The number of hydrogen-bond donors (Lipinski definition) is 0. The molecule has 0 aliphatic carbocycles. The minimum atomic E-state index is -0.299. The van der Waals surface area contributed by atoms with Crippen LogP contribution in [0, 0.1) is 0 Å². The summed E-state index contributed by atoms with van der Waals surface area (Å²) in [4.78, 5) is 16.3. The second-order valence-corrected chi connectivity index (χ2v) is 5.14. The van der Waals surface area contributed by atoms with E-state index in [1.54, 1.807) is 4.90 Å². The van der Waals surface area contributed by atoms with Crippen LogP contribution in [0.2, 0.25) is 0 Å². The Bertz CT molecular complexity index is 442. The van der Waals surface area contributed by atoms with E-state index in [0.29, 0.717) is 6.54 Å². The van der Waals surface area contributed by atoms with Crippen LogP contribution >= 0.6 is 0 Å². The monoisotopic (exact) mass is 245 g/mol. The highest BCUT2D eigenvalue weighted by atomic mass is 16.2. The zero-order chi connectivity index (χ0) is 13.6. The lowest BCUT2D eigenvalue weighted by Crippen LogP contribution is -2.47. The van der Waals surface area contributed by atoms with Crippen LogP contribution in [0.25, 0.3) is 5.53 Å². The van der Waals surface area contributed by atoms with Gasteiger partial charge in [-0.3, -0.25) is 4.79 Å². The van der Waals surface area contributed by atoms with E-state index in [1.807, 2.05) is 51.1 Å². The van der Waals surface area contributed by atoms with Crippen molar-refractivity contribution in [1.82, 2.24) is 4.90 Å². The van der Waals surface area contributed by atoms with Gasteiger partial charge >= 0.3 is 12.1 Å². The molecule has 4 heteroatoms. The normalized spacial score (nSPS) is 10.6. The maximum Gasteiger partial charge on any atom is 0.344 e. The first-order valence-electron chi connectivity index (χ1n) is 5.98. The van der Waals surface area contributed by atoms with Crippen LogP contribution in [-0.2, 0) is 11.2 Å². The first kappa shape index (κ1) is 14.1. The van der Waals surface area contributed by atoms with Gasteiger partial charge in [0, 0.05) is 12.1 Å². The molecule has 1 amide bonds. The van der Waals surface area contributed by atoms with Crippen LogP contribution in [0.5, 0.6) is 0 Å². The van der Waals surface area contributed by atoms with Crippen LogP contribution in [0.4, 0.5) is 0 Å². The van der Waals surface area contributed by atoms with Crippen molar-refractivity contribution in [3.05, 3.63) is 41.4 Å². The van der Waals surface area contributed by atoms with Crippen molar-refractivity contribution >= 4 is 12.1 Å². The topological polar surface area (TPSA) is 56.7 Å². The van der Waals surface area contributed by atoms with Crippen LogP contribution in [0.3, 0.4) is 0 Å². The van der Waals surface area contributed by atoms with Gasteiger partial charge in [0.25, 0.3) is 0 Å². The Morgan fingerprint density at radius 2 is 1.94 bits per heavy atom. The number of carbonyl (C=O) groups excluding carboxylic acids is 1. The lowest BCUT2D eigenvalue weighted by Gasteiger charge is -2.33. The highest BCUT2D eigenvalue weighted by molar-refractivity contribution is 6.24. The van der Waals surface area contributed by atoms with E-state index in [1.165, 1.54) is 5.56 Å². The molecule has 0 saturated heterocycles. The summed E-state index contributed by atoms with van der Waals surface area (Å²) in [6.45, 7) is 6.47. The Morgan fingerprint density at radius 1 is 1.33 bits per heavy atom. The molecule has 0 unspecified atom stereocenters. The summed E-state index contributed by atoms with van der Waals surface area (Å²) in [5.41, 5.74) is 9.34. The van der Waals surface area contributed by atoms with Crippen molar-refractivity contribution in [2.75, 3.05) is 6.54 Å². The van der Waals surface area contributed by atoms with Crippen LogP contribution in [0.15, 0.2) is 30.3 Å². The third-order valence-electron chi connectivity index (χ3n) is 2.71. The Hall–Kier alpha value is -1.93. The summed E-state index contributed by atoms with van der Waals surface area (Å²) in [7, 11) is 0. The summed E-state index contributed by atoms with van der Waals surface area (Å²) in [6.07, 6.45) is 1.72. The van der Waals surface area contributed by atoms with E-state index in [-0.39, 0.29) is 11.4 Å². The summed E-state index contributed by atoms with van der Waals surface area (Å²) in [5.74, 6) is -0.277. The van der Waals surface area contributed by atoms with Crippen molar-refractivity contribution in [3.8, 4) is 0 Å². The second-order valence-electron chi connectivity index (χ2n) is 5.14. The van der Waals surface area contributed by atoms with E-state index < -0.39 is 0 Å². The van der Waals surface area contributed by atoms with Crippen LogP contribution in [-0.4, -0.2) is 33.9 Å². The number of rotatable bonds is 4. The largest absolute Gasteiger partial charge is 0.361 e. The molecule has 0 spiro atoms. The molecule has 1 aromatic rings. The molecule has 0 radical (unpaired) electrons. The first-order chi connectivity index (χ1) is 8.45. The molecule has 0 fully saturated rings. The third-order valence-corrected chi connectivity index (χ3v) is 2.71.